The number of anilines is 3. The molecule has 0 amide bonds. The summed E-state index contributed by atoms with van der Waals surface area (Å²) in [7, 11) is 0. The maximum Gasteiger partial charge on any atom is 0.191 e. The molecule has 0 atom stereocenters. The van der Waals surface area contributed by atoms with E-state index in [2.05, 4.69) is 20.6 Å². The van der Waals surface area contributed by atoms with E-state index in [0.29, 0.717) is 21.0 Å². The number of nitrogens with zero attached hydrogens (tertiary/aromatic N) is 2. The maximum absolute atomic E-state index is 6.00. The first-order chi connectivity index (χ1) is 9.62. The van der Waals surface area contributed by atoms with Crippen molar-refractivity contribution in [2.45, 2.75) is 12.1 Å². The van der Waals surface area contributed by atoms with Gasteiger partial charge in [0, 0.05) is 18.3 Å². The van der Waals surface area contributed by atoms with Gasteiger partial charge in [0.05, 0.1) is 10.0 Å². The predicted molar refractivity (Wildman–Crippen MR) is 87.7 cm³/mol. The van der Waals surface area contributed by atoms with Gasteiger partial charge in [0.2, 0.25) is 0 Å². The molecular formula is C13H14Cl2N4S. The average molecular weight is 329 g/mol. The molecule has 2 aromatic rings. The van der Waals surface area contributed by atoms with E-state index in [-0.39, 0.29) is 0 Å². The third-order valence-electron chi connectivity index (χ3n) is 2.44. The molecule has 2 rings (SSSR count). The molecule has 7 heteroatoms. The number of benzene rings is 1. The standard InChI is InChI=1S/C13H14Cl2N4S/c1-3-16-11-7-12(19-13(18-11)20-2)17-8-4-5-9(14)10(15)6-8/h4-7H,3H2,1-2H3,(H2,16,17,18,19). The van der Waals surface area contributed by atoms with Gasteiger partial charge in [0.1, 0.15) is 11.6 Å². The van der Waals surface area contributed by atoms with Crippen LogP contribution in [0.25, 0.3) is 0 Å². The second-order valence-corrected chi connectivity index (χ2v) is 5.50. The van der Waals surface area contributed by atoms with Crippen molar-refractivity contribution in [3.05, 3.63) is 34.3 Å². The molecule has 1 aromatic heterocycles. The highest BCUT2D eigenvalue weighted by Crippen LogP contribution is 2.27. The minimum Gasteiger partial charge on any atom is -0.370 e. The van der Waals surface area contributed by atoms with E-state index in [0.717, 1.165) is 18.1 Å². The third kappa shape index (κ3) is 3.91. The predicted octanol–water partition coefficient (Wildman–Crippen LogP) is 4.68. The van der Waals surface area contributed by atoms with Crippen LogP contribution >= 0.6 is 35.0 Å². The van der Waals surface area contributed by atoms with E-state index < -0.39 is 0 Å². The Morgan fingerprint density at radius 3 is 2.50 bits per heavy atom. The van der Waals surface area contributed by atoms with Crippen molar-refractivity contribution in [2.24, 2.45) is 0 Å². The van der Waals surface area contributed by atoms with Crippen molar-refractivity contribution in [1.82, 2.24) is 9.97 Å². The topological polar surface area (TPSA) is 49.8 Å². The molecule has 0 aliphatic heterocycles. The summed E-state index contributed by atoms with van der Waals surface area (Å²) in [5.41, 5.74) is 0.826. The van der Waals surface area contributed by atoms with Gasteiger partial charge in [-0.3, -0.25) is 0 Å². The Morgan fingerprint density at radius 2 is 1.85 bits per heavy atom. The first-order valence-electron chi connectivity index (χ1n) is 6.01. The molecular weight excluding hydrogens is 315 g/mol. The molecule has 0 saturated carbocycles. The number of thioether (sulfide) groups is 1. The van der Waals surface area contributed by atoms with Crippen LogP contribution < -0.4 is 10.6 Å². The highest BCUT2D eigenvalue weighted by molar-refractivity contribution is 7.98. The Morgan fingerprint density at radius 1 is 1.10 bits per heavy atom. The molecule has 106 valence electrons. The summed E-state index contributed by atoms with van der Waals surface area (Å²) in [6, 6.07) is 7.21. The summed E-state index contributed by atoms with van der Waals surface area (Å²) in [6.07, 6.45) is 1.94. The lowest BCUT2D eigenvalue weighted by Crippen LogP contribution is -2.03. The van der Waals surface area contributed by atoms with Crippen LogP contribution in [0.1, 0.15) is 6.92 Å². The lowest BCUT2D eigenvalue weighted by Gasteiger charge is -2.10. The Hall–Kier alpha value is -1.17. The average Bonchev–Trinajstić information content (AvgIpc) is 2.43. The van der Waals surface area contributed by atoms with Crippen LogP contribution in [-0.2, 0) is 0 Å². The summed E-state index contributed by atoms with van der Waals surface area (Å²) in [5, 5.41) is 8.10. The van der Waals surface area contributed by atoms with E-state index in [9.17, 15) is 0 Å². The minimum absolute atomic E-state index is 0.503. The highest BCUT2D eigenvalue weighted by atomic mass is 35.5. The van der Waals surface area contributed by atoms with Gasteiger partial charge in [-0.15, -0.1) is 0 Å². The number of halogens is 2. The number of hydrogen-bond acceptors (Lipinski definition) is 5. The second kappa shape index (κ2) is 7.02. The second-order valence-electron chi connectivity index (χ2n) is 3.91. The summed E-state index contributed by atoms with van der Waals surface area (Å²) in [5.74, 6) is 1.49. The first-order valence-corrected chi connectivity index (χ1v) is 7.99. The van der Waals surface area contributed by atoms with Crippen LogP contribution in [0, 0.1) is 0 Å². The van der Waals surface area contributed by atoms with Crippen molar-refractivity contribution in [3.63, 3.8) is 0 Å². The number of rotatable bonds is 5. The zero-order valence-corrected chi connectivity index (χ0v) is 13.4. The minimum atomic E-state index is 0.503. The fraction of sp³-hybridized carbons (Fsp3) is 0.231. The zero-order valence-electron chi connectivity index (χ0n) is 11.1. The van der Waals surface area contributed by atoms with Crippen molar-refractivity contribution in [1.29, 1.82) is 0 Å². The van der Waals surface area contributed by atoms with Gasteiger partial charge in [-0.05, 0) is 31.4 Å². The summed E-state index contributed by atoms with van der Waals surface area (Å²) >= 11 is 13.4. The largest absolute Gasteiger partial charge is 0.370 e. The summed E-state index contributed by atoms with van der Waals surface area (Å²) in [4.78, 5) is 8.77. The van der Waals surface area contributed by atoms with Crippen LogP contribution in [0.5, 0.6) is 0 Å². The molecule has 20 heavy (non-hydrogen) atoms. The molecule has 0 fully saturated rings. The Labute approximate surface area is 132 Å². The van der Waals surface area contributed by atoms with Crippen LogP contribution in [0.3, 0.4) is 0 Å². The Bertz CT molecular complexity index is 607. The summed E-state index contributed by atoms with van der Waals surface area (Å²) in [6.45, 7) is 2.82. The van der Waals surface area contributed by atoms with E-state index in [4.69, 9.17) is 23.2 Å². The van der Waals surface area contributed by atoms with Gasteiger partial charge in [-0.2, -0.15) is 0 Å². The monoisotopic (exact) mass is 328 g/mol. The van der Waals surface area contributed by atoms with E-state index in [1.807, 2.05) is 25.3 Å². The van der Waals surface area contributed by atoms with E-state index >= 15 is 0 Å². The fourth-order valence-electron chi connectivity index (χ4n) is 1.57. The maximum atomic E-state index is 6.00. The van der Waals surface area contributed by atoms with Gasteiger partial charge in [-0.25, -0.2) is 9.97 Å². The van der Waals surface area contributed by atoms with Gasteiger partial charge < -0.3 is 10.6 Å². The van der Waals surface area contributed by atoms with E-state index in [1.54, 1.807) is 12.1 Å². The van der Waals surface area contributed by atoms with Crippen LogP contribution in [-0.4, -0.2) is 22.8 Å². The number of nitrogens with one attached hydrogen (secondary N) is 2. The van der Waals surface area contributed by atoms with Gasteiger partial charge in [-0.1, -0.05) is 35.0 Å². The normalized spacial score (nSPS) is 10.4. The molecule has 0 radical (unpaired) electrons. The van der Waals surface area contributed by atoms with Crippen molar-refractivity contribution < 1.29 is 0 Å². The molecule has 1 aromatic carbocycles. The smallest absolute Gasteiger partial charge is 0.191 e. The van der Waals surface area contributed by atoms with Crippen molar-refractivity contribution in [3.8, 4) is 0 Å². The van der Waals surface area contributed by atoms with Gasteiger partial charge in [0.25, 0.3) is 0 Å². The molecule has 0 bridgehead atoms. The highest BCUT2D eigenvalue weighted by Gasteiger charge is 2.05. The van der Waals surface area contributed by atoms with Crippen LogP contribution in [0.15, 0.2) is 29.4 Å². The number of aromatic nitrogens is 2. The molecule has 0 unspecified atom stereocenters. The zero-order chi connectivity index (χ0) is 14.5. The van der Waals surface area contributed by atoms with Crippen molar-refractivity contribution >= 4 is 52.3 Å². The molecule has 0 saturated heterocycles. The SMILES string of the molecule is CCNc1cc(Nc2ccc(Cl)c(Cl)c2)nc(SC)n1. The molecule has 0 aliphatic carbocycles. The number of hydrogen-bond donors (Lipinski definition) is 2. The van der Waals surface area contributed by atoms with E-state index in [1.165, 1.54) is 11.8 Å². The molecule has 2 N–H and O–H groups in total. The Kier molecular flexibility index (Phi) is 5.34. The van der Waals surface area contributed by atoms with Crippen molar-refractivity contribution in [2.75, 3.05) is 23.4 Å². The van der Waals surface area contributed by atoms with Crippen LogP contribution in [0.4, 0.5) is 17.3 Å². The lowest BCUT2D eigenvalue weighted by atomic mass is 10.3. The first kappa shape index (κ1) is 15.2. The molecule has 1 heterocycles. The fourth-order valence-corrected chi connectivity index (χ4v) is 2.25. The third-order valence-corrected chi connectivity index (χ3v) is 3.72. The van der Waals surface area contributed by atoms with Gasteiger partial charge in [0.15, 0.2) is 5.16 Å². The Balaban J connectivity index is 2.27. The summed E-state index contributed by atoms with van der Waals surface area (Å²) < 4.78 is 0. The lowest BCUT2D eigenvalue weighted by molar-refractivity contribution is 0.967. The van der Waals surface area contributed by atoms with Gasteiger partial charge >= 0.3 is 0 Å². The molecule has 0 spiro atoms. The molecule has 4 nitrogen and oxygen atoms in total. The molecule has 0 aliphatic rings. The quantitative estimate of drug-likeness (QED) is 0.616. The van der Waals surface area contributed by atoms with Crippen LogP contribution in [0.2, 0.25) is 10.0 Å².